The second-order valence-electron chi connectivity index (χ2n) is 5.65. The fraction of sp³-hybridized carbons (Fsp3) is 0.200. The number of aromatic nitrogens is 1. The summed E-state index contributed by atoms with van der Waals surface area (Å²) in [6, 6.07) is 14.5. The van der Waals surface area contributed by atoms with Crippen molar-refractivity contribution in [2.75, 3.05) is 13.7 Å². The molecule has 3 rings (SSSR count). The van der Waals surface area contributed by atoms with Crippen molar-refractivity contribution in [1.82, 2.24) is 9.88 Å². The zero-order chi connectivity index (χ0) is 18.2. The van der Waals surface area contributed by atoms with Crippen LogP contribution in [0.4, 0.5) is 0 Å². The van der Waals surface area contributed by atoms with E-state index in [0.29, 0.717) is 24.6 Å². The van der Waals surface area contributed by atoms with E-state index in [4.69, 9.17) is 13.9 Å². The van der Waals surface area contributed by atoms with E-state index in [1.54, 1.807) is 61.0 Å². The highest BCUT2D eigenvalue weighted by Crippen LogP contribution is 2.17. The molecular formula is C20H20N2O4. The number of ether oxygens (including phenoxy) is 2. The summed E-state index contributed by atoms with van der Waals surface area (Å²) in [5.74, 6) is 1.92. The first kappa shape index (κ1) is 17.5. The Morgan fingerprint density at radius 3 is 2.54 bits per heavy atom. The fourth-order valence-electron chi connectivity index (χ4n) is 2.44. The molecule has 0 N–H and O–H groups in total. The van der Waals surface area contributed by atoms with Crippen LogP contribution in [-0.2, 0) is 17.9 Å². The number of benzene rings is 1. The molecule has 0 fully saturated rings. The summed E-state index contributed by atoms with van der Waals surface area (Å²) in [6.07, 6.45) is 5.04. The maximum atomic E-state index is 12.7. The lowest BCUT2D eigenvalue weighted by atomic mass is 10.2. The number of methoxy groups -OCH3 is 1. The molecule has 0 atom stereocenters. The predicted molar refractivity (Wildman–Crippen MR) is 95.7 cm³/mol. The van der Waals surface area contributed by atoms with Gasteiger partial charge in [-0.3, -0.25) is 9.78 Å². The van der Waals surface area contributed by atoms with E-state index < -0.39 is 0 Å². The highest BCUT2D eigenvalue weighted by molar-refractivity contribution is 5.77. The Morgan fingerprint density at radius 2 is 1.88 bits per heavy atom. The molecular weight excluding hydrogens is 332 g/mol. The molecule has 0 saturated heterocycles. The summed E-state index contributed by atoms with van der Waals surface area (Å²) in [6.45, 7) is 0.735. The minimum absolute atomic E-state index is 0.0622. The van der Waals surface area contributed by atoms with Crippen molar-refractivity contribution in [2.45, 2.75) is 13.1 Å². The molecule has 2 heterocycles. The third kappa shape index (κ3) is 4.86. The van der Waals surface area contributed by atoms with Crippen LogP contribution >= 0.6 is 0 Å². The summed E-state index contributed by atoms with van der Waals surface area (Å²) in [5.41, 5.74) is 0.942. The van der Waals surface area contributed by atoms with E-state index in [0.717, 1.165) is 11.3 Å². The molecule has 0 radical (unpaired) electrons. The van der Waals surface area contributed by atoms with Crippen LogP contribution in [0.15, 0.2) is 71.6 Å². The number of rotatable bonds is 8. The number of furan rings is 1. The molecule has 2 aromatic heterocycles. The number of nitrogens with zero attached hydrogens (tertiary/aromatic N) is 2. The fourth-order valence-corrected chi connectivity index (χ4v) is 2.44. The molecule has 6 nitrogen and oxygen atoms in total. The lowest BCUT2D eigenvalue weighted by molar-refractivity contribution is -0.134. The minimum atomic E-state index is -0.138. The summed E-state index contributed by atoms with van der Waals surface area (Å²) in [7, 11) is 1.60. The number of hydrogen-bond donors (Lipinski definition) is 0. The first-order valence-electron chi connectivity index (χ1n) is 8.20. The summed E-state index contributed by atoms with van der Waals surface area (Å²) < 4.78 is 16.1. The number of carbonyl (C=O) groups is 1. The van der Waals surface area contributed by atoms with E-state index >= 15 is 0 Å². The molecule has 0 unspecified atom stereocenters. The Kier molecular flexibility index (Phi) is 5.88. The van der Waals surface area contributed by atoms with Crippen LogP contribution < -0.4 is 9.47 Å². The van der Waals surface area contributed by atoms with Crippen LogP contribution in [-0.4, -0.2) is 29.5 Å². The number of carbonyl (C=O) groups excluding carboxylic acids is 1. The van der Waals surface area contributed by atoms with Crippen LogP contribution in [0.2, 0.25) is 0 Å². The summed E-state index contributed by atoms with van der Waals surface area (Å²) >= 11 is 0. The van der Waals surface area contributed by atoms with E-state index in [1.807, 2.05) is 18.2 Å². The van der Waals surface area contributed by atoms with Gasteiger partial charge in [-0.25, -0.2) is 0 Å². The highest BCUT2D eigenvalue weighted by Gasteiger charge is 2.17. The minimum Gasteiger partial charge on any atom is -0.497 e. The van der Waals surface area contributed by atoms with E-state index in [1.165, 1.54) is 0 Å². The molecule has 0 aliphatic rings. The molecule has 6 heteroatoms. The van der Waals surface area contributed by atoms with Crippen LogP contribution in [0, 0.1) is 0 Å². The van der Waals surface area contributed by atoms with Gasteiger partial charge in [-0.15, -0.1) is 0 Å². The molecule has 134 valence electrons. The number of amides is 1. The standard InChI is InChI=1S/C20H20N2O4/c1-24-17-6-8-18(9-7-17)26-15-20(23)22(14-19-5-3-11-25-19)13-16-4-2-10-21-12-16/h2-12H,13-15H2,1H3. The smallest absolute Gasteiger partial charge is 0.261 e. The van der Waals surface area contributed by atoms with Gasteiger partial charge in [-0.1, -0.05) is 6.07 Å². The van der Waals surface area contributed by atoms with Crippen molar-refractivity contribution in [1.29, 1.82) is 0 Å². The van der Waals surface area contributed by atoms with Gasteiger partial charge >= 0.3 is 0 Å². The predicted octanol–water partition coefficient (Wildman–Crippen LogP) is 3.29. The van der Waals surface area contributed by atoms with Crippen molar-refractivity contribution >= 4 is 5.91 Å². The molecule has 26 heavy (non-hydrogen) atoms. The first-order chi connectivity index (χ1) is 12.7. The highest BCUT2D eigenvalue weighted by atomic mass is 16.5. The van der Waals surface area contributed by atoms with Gasteiger partial charge < -0.3 is 18.8 Å². The second-order valence-corrected chi connectivity index (χ2v) is 5.65. The Hall–Kier alpha value is -3.28. The van der Waals surface area contributed by atoms with Gasteiger partial charge in [0, 0.05) is 18.9 Å². The Morgan fingerprint density at radius 1 is 1.08 bits per heavy atom. The van der Waals surface area contributed by atoms with Crippen LogP contribution in [0.5, 0.6) is 11.5 Å². The van der Waals surface area contributed by atoms with E-state index in [2.05, 4.69) is 4.98 Å². The summed E-state index contributed by atoms with van der Waals surface area (Å²) in [4.78, 5) is 18.5. The third-order valence-corrected chi connectivity index (χ3v) is 3.80. The van der Waals surface area contributed by atoms with Crippen LogP contribution in [0.1, 0.15) is 11.3 Å². The molecule has 1 amide bonds. The van der Waals surface area contributed by atoms with Crippen LogP contribution in [0.25, 0.3) is 0 Å². The van der Waals surface area contributed by atoms with Gasteiger partial charge in [-0.05, 0) is 48.0 Å². The van der Waals surface area contributed by atoms with Crippen molar-refractivity contribution < 1.29 is 18.7 Å². The molecule has 0 saturated carbocycles. The zero-order valence-corrected chi connectivity index (χ0v) is 14.5. The topological polar surface area (TPSA) is 64.8 Å². The number of pyridine rings is 1. The van der Waals surface area contributed by atoms with E-state index in [-0.39, 0.29) is 12.5 Å². The van der Waals surface area contributed by atoms with Gasteiger partial charge in [0.2, 0.25) is 0 Å². The van der Waals surface area contributed by atoms with Gasteiger partial charge in [-0.2, -0.15) is 0 Å². The molecule has 1 aromatic carbocycles. The maximum absolute atomic E-state index is 12.7. The van der Waals surface area contributed by atoms with E-state index in [9.17, 15) is 4.79 Å². The average molecular weight is 352 g/mol. The molecule has 0 aliphatic carbocycles. The van der Waals surface area contributed by atoms with Crippen molar-refractivity contribution in [2.24, 2.45) is 0 Å². The lowest BCUT2D eigenvalue weighted by Gasteiger charge is -2.22. The Labute approximate surface area is 152 Å². The quantitative estimate of drug-likeness (QED) is 0.622. The summed E-state index contributed by atoms with van der Waals surface area (Å²) in [5, 5.41) is 0. The first-order valence-corrected chi connectivity index (χ1v) is 8.20. The van der Waals surface area contributed by atoms with Gasteiger partial charge in [0.05, 0.1) is 19.9 Å². The molecule has 0 spiro atoms. The molecule has 3 aromatic rings. The average Bonchev–Trinajstić information content (AvgIpc) is 3.20. The largest absolute Gasteiger partial charge is 0.497 e. The van der Waals surface area contributed by atoms with Crippen molar-refractivity contribution in [3.8, 4) is 11.5 Å². The Balaban J connectivity index is 1.65. The molecule has 0 aliphatic heterocycles. The monoisotopic (exact) mass is 352 g/mol. The van der Waals surface area contributed by atoms with Gasteiger partial charge in [0.15, 0.2) is 6.61 Å². The third-order valence-electron chi connectivity index (χ3n) is 3.80. The zero-order valence-electron chi connectivity index (χ0n) is 14.5. The molecule has 0 bridgehead atoms. The van der Waals surface area contributed by atoms with Crippen LogP contribution in [0.3, 0.4) is 0 Å². The second kappa shape index (κ2) is 8.71. The van der Waals surface area contributed by atoms with Gasteiger partial charge in [0.1, 0.15) is 17.3 Å². The van der Waals surface area contributed by atoms with Gasteiger partial charge in [0.25, 0.3) is 5.91 Å². The van der Waals surface area contributed by atoms with Crippen molar-refractivity contribution in [3.05, 3.63) is 78.5 Å². The SMILES string of the molecule is COc1ccc(OCC(=O)N(Cc2cccnc2)Cc2ccco2)cc1. The number of hydrogen-bond acceptors (Lipinski definition) is 5. The lowest BCUT2D eigenvalue weighted by Crippen LogP contribution is -2.34. The van der Waals surface area contributed by atoms with Crippen molar-refractivity contribution in [3.63, 3.8) is 0 Å². The maximum Gasteiger partial charge on any atom is 0.261 e. The normalized spacial score (nSPS) is 10.3. The Bertz CT molecular complexity index is 802.